The molecule has 90 valence electrons. The van der Waals surface area contributed by atoms with Crippen LogP contribution in [0.1, 0.15) is 38.2 Å². The van der Waals surface area contributed by atoms with E-state index in [-0.39, 0.29) is 11.6 Å². The zero-order chi connectivity index (χ0) is 12.0. The normalized spacial score (nSPS) is 12.8. The van der Waals surface area contributed by atoms with E-state index in [1.807, 2.05) is 0 Å². The van der Waals surface area contributed by atoms with E-state index in [0.717, 1.165) is 31.7 Å². The van der Waals surface area contributed by atoms with E-state index < -0.39 is 0 Å². The number of halogens is 3. The van der Waals surface area contributed by atoms with Gasteiger partial charge in [0.05, 0.1) is 0 Å². The van der Waals surface area contributed by atoms with Crippen molar-refractivity contribution >= 4 is 15.9 Å². The quantitative estimate of drug-likeness (QED) is 0.657. The number of hydrogen-bond acceptors (Lipinski definition) is 0. The Morgan fingerprint density at radius 2 is 2.00 bits per heavy atom. The lowest BCUT2D eigenvalue weighted by Crippen LogP contribution is -1.99. The summed E-state index contributed by atoms with van der Waals surface area (Å²) in [6, 6.07) is 3.64. The van der Waals surface area contributed by atoms with Crippen LogP contribution in [-0.4, -0.2) is 4.83 Å². The Labute approximate surface area is 104 Å². The molecule has 0 aliphatic heterocycles. The van der Waals surface area contributed by atoms with Crippen LogP contribution in [0.15, 0.2) is 18.2 Å². The molecule has 0 nitrogen and oxygen atoms in total. The third-order valence-corrected chi connectivity index (χ3v) is 3.49. The summed E-state index contributed by atoms with van der Waals surface area (Å²) in [4.78, 5) is 0.495. The van der Waals surface area contributed by atoms with Crippen molar-refractivity contribution in [3.8, 4) is 0 Å². The van der Waals surface area contributed by atoms with E-state index >= 15 is 0 Å². The molecule has 1 atom stereocenters. The minimum atomic E-state index is -0.361. The van der Waals surface area contributed by atoms with Gasteiger partial charge in [-0.2, -0.15) is 0 Å². The predicted octanol–water partition coefficient (Wildman–Crippen LogP) is 4.85. The minimum Gasteiger partial charge on any atom is -0.207 e. The molecule has 0 amide bonds. The molecule has 0 saturated heterocycles. The van der Waals surface area contributed by atoms with Crippen LogP contribution in [0.25, 0.3) is 0 Å². The molecule has 16 heavy (non-hydrogen) atoms. The number of aryl methyl sites for hydroxylation is 1. The van der Waals surface area contributed by atoms with Crippen molar-refractivity contribution in [2.75, 3.05) is 0 Å². The minimum absolute atomic E-state index is 0.303. The molecule has 0 radical (unpaired) electrons. The molecule has 1 aromatic carbocycles. The molecule has 0 saturated carbocycles. The van der Waals surface area contributed by atoms with Gasteiger partial charge in [0.25, 0.3) is 0 Å². The Kier molecular flexibility index (Phi) is 5.96. The van der Waals surface area contributed by atoms with Gasteiger partial charge in [-0.05, 0) is 49.4 Å². The van der Waals surface area contributed by atoms with Gasteiger partial charge < -0.3 is 0 Å². The first kappa shape index (κ1) is 13.6. The van der Waals surface area contributed by atoms with Crippen LogP contribution in [0.5, 0.6) is 0 Å². The van der Waals surface area contributed by atoms with Crippen LogP contribution in [0.3, 0.4) is 0 Å². The molecule has 3 heteroatoms. The van der Waals surface area contributed by atoms with Gasteiger partial charge in [-0.1, -0.05) is 29.3 Å². The predicted molar refractivity (Wildman–Crippen MR) is 66.9 cm³/mol. The molecule has 0 aliphatic carbocycles. The van der Waals surface area contributed by atoms with Crippen molar-refractivity contribution in [1.29, 1.82) is 0 Å². The van der Waals surface area contributed by atoms with Gasteiger partial charge in [0.1, 0.15) is 11.6 Å². The monoisotopic (exact) mass is 290 g/mol. The second kappa shape index (κ2) is 7.00. The topological polar surface area (TPSA) is 0 Å². The fraction of sp³-hybridized carbons (Fsp3) is 0.538. The summed E-state index contributed by atoms with van der Waals surface area (Å²) >= 11 is 3.58. The maximum absolute atomic E-state index is 13.3. The standard InChI is InChI=1S/C13H17BrF2/c1-2-4-11(14)6-3-5-10-9-12(15)7-8-13(10)16/h7-9,11H,2-6H2,1H3. The lowest BCUT2D eigenvalue weighted by Gasteiger charge is -2.08. The SMILES string of the molecule is CCCC(Br)CCCc1cc(F)ccc1F. The molecule has 0 heterocycles. The highest BCUT2D eigenvalue weighted by Gasteiger charge is 2.06. The second-order valence-electron chi connectivity index (χ2n) is 4.01. The first-order valence-corrected chi connectivity index (χ1v) is 6.63. The summed E-state index contributed by atoms with van der Waals surface area (Å²) in [6.45, 7) is 2.14. The van der Waals surface area contributed by atoms with E-state index in [9.17, 15) is 8.78 Å². The second-order valence-corrected chi connectivity index (χ2v) is 5.31. The smallest absolute Gasteiger partial charge is 0.126 e. The van der Waals surface area contributed by atoms with Crippen LogP contribution in [0.2, 0.25) is 0 Å². The first-order chi connectivity index (χ1) is 7.63. The molecule has 0 aliphatic rings. The summed E-state index contributed by atoms with van der Waals surface area (Å²) < 4.78 is 26.1. The Morgan fingerprint density at radius 1 is 1.25 bits per heavy atom. The van der Waals surface area contributed by atoms with Crippen LogP contribution < -0.4 is 0 Å². The summed E-state index contributed by atoms with van der Waals surface area (Å²) in [7, 11) is 0. The van der Waals surface area contributed by atoms with E-state index in [1.165, 1.54) is 12.1 Å². The third-order valence-electron chi connectivity index (χ3n) is 2.57. The molecule has 0 spiro atoms. The molecule has 0 fully saturated rings. The molecule has 1 unspecified atom stereocenters. The fourth-order valence-corrected chi connectivity index (χ4v) is 2.49. The van der Waals surface area contributed by atoms with Gasteiger partial charge in [0, 0.05) is 4.83 Å². The van der Waals surface area contributed by atoms with Crippen LogP contribution >= 0.6 is 15.9 Å². The Balaban J connectivity index is 2.39. The summed E-state index contributed by atoms with van der Waals surface area (Å²) in [5.74, 6) is -0.664. The van der Waals surface area contributed by atoms with E-state index in [2.05, 4.69) is 22.9 Å². The van der Waals surface area contributed by atoms with Crippen molar-refractivity contribution in [2.45, 2.75) is 43.9 Å². The Hall–Kier alpha value is -0.440. The molecular formula is C13H17BrF2. The average molecular weight is 291 g/mol. The number of alkyl halides is 1. The maximum Gasteiger partial charge on any atom is 0.126 e. The Bertz CT molecular complexity index is 326. The lowest BCUT2D eigenvalue weighted by molar-refractivity contribution is 0.574. The van der Waals surface area contributed by atoms with Crippen LogP contribution in [-0.2, 0) is 6.42 Å². The van der Waals surface area contributed by atoms with Gasteiger partial charge in [0.2, 0.25) is 0 Å². The van der Waals surface area contributed by atoms with Crippen LogP contribution in [0.4, 0.5) is 8.78 Å². The zero-order valence-corrected chi connectivity index (χ0v) is 11.1. The molecule has 1 rings (SSSR count). The molecule has 0 bridgehead atoms. The van der Waals surface area contributed by atoms with Crippen LogP contribution in [0, 0.1) is 11.6 Å². The van der Waals surface area contributed by atoms with Gasteiger partial charge in [-0.25, -0.2) is 8.78 Å². The van der Waals surface area contributed by atoms with Crippen molar-refractivity contribution in [2.24, 2.45) is 0 Å². The number of rotatable bonds is 6. The summed E-state index contributed by atoms with van der Waals surface area (Å²) in [5, 5.41) is 0. The first-order valence-electron chi connectivity index (χ1n) is 5.71. The number of benzene rings is 1. The largest absolute Gasteiger partial charge is 0.207 e. The highest BCUT2D eigenvalue weighted by Crippen LogP contribution is 2.18. The highest BCUT2D eigenvalue weighted by atomic mass is 79.9. The zero-order valence-electron chi connectivity index (χ0n) is 9.48. The van der Waals surface area contributed by atoms with Gasteiger partial charge in [-0.15, -0.1) is 0 Å². The Morgan fingerprint density at radius 3 is 2.69 bits per heavy atom. The summed E-state index contributed by atoms with van der Waals surface area (Å²) in [6.07, 6.45) is 4.77. The van der Waals surface area contributed by atoms with Crippen molar-refractivity contribution in [3.05, 3.63) is 35.4 Å². The van der Waals surface area contributed by atoms with Crippen molar-refractivity contribution in [3.63, 3.8) is 0 Å². The number of hydrogen-bond donors (Lipinski definition) is 0. The van der Waals surface area contributed by atoms with E-state index in [1.54, 1.807) is 0 Å². The average Bonchev–Trinajstić information content (AvgIpc) is 2.23. The molecule has 0 aromatic heterocycles. The fourth-order valence-electron chi connectivity index (χ4n) is 1.71. The molecular weight excluding hydrogens is 274 g/mol. The van der Waals surface area contributed by atoms with Crippen molar-refractivity contribution in [1.82, 2.24) is 0 Å². The van der Waals surface area contributed by atoms with Gasteiger partial charge in [0.15, 0.2) is 0 Å². The van der Waals surface area contributed by atoms with Gasteiger partial charge in [-0.3, -0.25) is 0 Å². The molecule has 1 aromatic rings. The van der Waals surface area contributed by atoms with E-state index in [4.69, 9.17) is 0 Å². The van der Waals surface area contributed by atoms with Crippen molar-refractivity contribution < 1.29 is 8.78 Å². The highest BCUT2D eigenvalue weighted by molar-refractivity contribution is 9.09. The summed E-state index contributed by atoms with van der Waals surface area (Å²) in [5.41, 5.74) is 0.483. The van der Waals surface area contributed by atoms with E-state index in [0.29, 0.717) is 16.8 Å². The third kappa shape index (κ3) is 4.60. The van der Waals surface area contributed by atoms with Gasteiger partial charge >= 0.3 is 0 Å². The lowest BCUT2D eigenvalue weighted by atomic mass is 10.0. The molecule has 0 N–H and O–H groups in total. The maximum atomic E-state index is 13.3.